The highest BCUT2D eigenvalue weighted by Crippen LogP contribution is 2.29. The fourth-order valence-electron chi connectivity index (χ4n) is 4.05. The first-order valence-corrected chi connectivity index (χ1v) is 11.2. The summed E-state index contributed by atoms with van der Waals surface area (Å²) in [7, 11) is 3.24. The number of rotatable bonds is 5. The number of hydrogen-bond acceptors (Lipinski definition) is 6. The van der Waals surface area contributed by atoms with Crippen molar-refractivity contribution in [3.8, 4) is 6.07 Å². The van der Waals surface area contributed by atoms with Crippen molar-refractivity contribution in [2.75, 3.05) is 31.0 Å². The lowest BCUT2D eigenvalue weighted by molar-refractivity contribution is -0.137. The Morgan fingerprint density at radius 1 is 1.18 bits per heavy atom. The van der Waals surface area contributed by atoms with Crippen LogP contribution in [0.4, 0.5) is 23.5 Å². The second kappa shape index (κ2) is 11.1. The maximum absolute atomic E-state index is 14.4. The summed E-state index contributed by atoms with van der Waals surface area (Å²) in [6.07, 6.45) is -4.18. The average molecular weight is 551 g/mol. The Bertz CT molecular complexity index is 1450. The number of nitriles is 1. The zero-order valence-corrected chi connectivity index (χ0v) is 21.2. The molecular formula is C25H23ClF4N6O2. The Balaban J connectivity index is 0.00000400. The first-order chi connectivity index (χ1) is 17.5. The van der Waals surface area contributed by atoms with E-state index in [0.717, 1.165) is 18.2 Å². The number of hydrogen-bond donors (Lipinski definition) is 1. The van der Waals surface area contributed by atoms with Crippen molar-refractivity contribution in [2.24, 2.45) is 0 Å². The number of nitrogens with zero attached hydrogens (tertiary/aromatic N) is 5. The Labute approximate surface area is 221 Å². The van der Waals surface area contributed by atoms with E-state index in [-0.39, 0.29) is 61.1 Å². The molecular weight excluding hydrogens is 528 g/mol. The van der Waals surface area contributed by atoms with E-state index in [2.05, 4.69) is 10.3 Å². The summed E-state index contributed by atoms with van der Waals surface area (Å²) in [6, 6.07) is 10.1. The molecule has 1 aliphatic heterocycles. The quantitative estimate of drug-likeness (QED) is 0.487. The van der Waals surface area contributed by atoms with Crippen LogP contribution >= 0.6 is 12.4 Å². The first-order valence-electron chi connectivity index (χ1n) is 11.2. The molecule has 4 rings (SSSR count). The van der Waals surface area contributed by atoms with Crippen molar-refractivity contribution in [3.05, 3.63) is 92.1 Å². The predicted octanol–water partition coefficient (Wildman–Crippen LogP) is 3.70. The minimum Gasteiger partial charge on any atom is -0.350 e. The van der Waals surface area contributed by atoms with Gasteiger partial charge in [0.15, 0.2) is 0 Å². The summed E-state index contributed by atoms with van der Waals surface area (Å²) >= 11 is 0. The van der Waals surface area contributed by atoms with Crippen LogP contribution in [0.25, 0.3) is 0 Å². The molecule has 1 amide bonds. The number of fused-ring (bicyclic) bond motifs is 1. The molecule has 0 aliphatic carbocycles. The minimum absolute atomic E-state index is 0. The number of carbonyl (C=O) groups excluding carboxylic acids is 1. The predicted molar refractivity (Wildman–Crippen MR) is 134 cm³/mol. The topological polar surface area (TPSA) is 94.3 Å². The van der Waals surface area contributed by atoms with Gasteiger partial charge in [0.1, 0.15) is 5.82 Å². The molecule has 2 heterocycles. The highest BCUT2D eigenvalue weighted by molar-refractivity contribution is 5.94. The highest BCUT2D eigenvalue weighted by Gasteiger charge is 2.30. The van der Waals surface area contributed by atoms with E-state index in [0.29, 0.717) is 11.3 Å². The van der Waals surface area contributed by atoms with Gasteiger partial charge >= 0.3 is 6.18 Å². The van der Waals surface area contributed by atoms with Crippen molar-refractivity contribution in [1.82, 2.24) is 14.6 Å². The van der Waals surface area contributed by atoms with Crippen molar-refractivity contribution in [2.45, 2.75) is 25.7 Å². The van der Waals surface area contributed by atoms with Gasteiger partial charge in [-0.05, 0) is 35.9 Å². The van der Waals surface area contributed by atoms with Crippen LogP contribution in [0, 0.1) is 17.1 Å². The van der Waals surface area contributed by atoms with Gasteiger partial charge in [0.2, 0.25) is 5.95 Å². The average Bonchev–Trinajstić information content (AvgIpc) is 2.86. The maximum atomic E-state index is 14.4. The van der Waals surface area contributed by atoms with E-state index in [9.17, 15) is 27.2 Å². The molecule has 3 aromatic rings. The van der Waals surface area contributed by atoms with Gasteiger partial charge in [-0.2, -0.15) is 23.1 Å². The van der Waals surface area contributed by atoms with Gasteiger partial charge in [-0.15, -0.1) is 12.4 Å². The lowest BCUT2D eigenvalue weighted by Gasteiger charge is -2.30. The number of alkyl halides is 3. The SMILES string of the molecule is CN(C)n1c(NCc2ccc(C(F)(F)F)cc2)nc2c(c1=O)CN(C(=O)c1ccc(C#N)cc1F)CC2.Cl. The summed E-state index contributed by atoms with van der Waals surface area (Å²) in [5.41, 5.74) is 0.0259. The highest BCUT2D eigenvalue weighted by atomic mass is 35.5. The van der Waals surface area contributed by atoms with Crippen molar-refractivity contribution < 1.29 is 22.4 Å². The summed E-state index contributed by atoms with van der Waals surface area (Å²) in [6.45, 7) is 0.244. The Morgan fingerprint density at radius 3 is 2.45 bits per heavy atom. The second-order valence-corrected chi connectivity index (χ2v) is 8.66. The molecule has 1 aliphatic rings. The summed E-state index contributed by atoms with van der Waals surface area (Å²) < 4.78 is 54.1. The first kappa shape index (κ1) is 28.5. The van der Waals surface area contributed by atoms with E-state index in [1.54, 1.807) is 14.1 Å². The van der Waals surface area contributed by atoms with Gasteiger partial charge in [-0.25, -0.2) is 9.37 Å². The number of anilines is 1. The van der Waals surface area contributed by atoms with Gasteiger partial charge < -0.3 is 15.2 Å². The fraction of sp³-hybridized carbons (Fsp3) is 0.280. The molecule has 200 valence electrons. The number of nitrogens with one attached hydrogen (secondary N) is 1. The van der Waals surface area contributed by atoms with Crippen LogP contribution in [-0.2, 0) is 25.7 Å². The van der Waals surface area contributed by atoms with Crippen LogP contribution in [0.5, 0.6) is 0 Å². The molecule has 8 nitrogen and oxygen atoms in total. The molecule has 0 radical (unpaired) electrons. The standard InChI is InChI=1S/C25H22F4N6O2.ClH/c1-33(2)35-23(37)19-14-34(22(36)18-8-5-16(12-30)11-20(18)26)10-9-21(19)32-24(35)31-13-15-3-6-17(7-4-15)25(27,28)29;/h3-8,11H,9-10,13-14H2,1-2H3,(H,31,32);1H. The summed E-state index contributed by atoms with van der Waals surface area (Å²) in [5.74, 6) is -1.22. The number of aromatic nitrogens is 2. The van der Waals surface area contributed by atoms with E-state index in [1.807, 2.05) is 6.07 Å². The molecule has 1 N–H and O–H groups in total. The number of benzene rings is 2. The molecule has 0 atom stereocenters. The summed E-state index contributed by atoms with van der Waals surface area (Å²) in [4.78, 5) is 32.2. The van der Waals surface area contributed by atoms with Crippen LogP contribution in [0.2, 0.25) is 0 Å². The van der Waals surface area contributed by atoms with Gasteiger partial charge in [-0.3, -0.25) is 9.59 Å². The van der Waals surface area contributed by atoms with E-state index < -0.39 is 29.0 Å². The van der Waals surface area contributed by atoms with Crippen molar-refractivity contribution in [1.29, 1.82) is 5.26 Å². The monoisotopic (exact) mass is 550 g/mol. The second-order valence-electron chi connectivity index (χ2n) is 8.66. The van der Waals surface area contributed by atoms with E-state index >= 15 is 0 Å². The van der Waals surface area contributed by atoms with Crippen molar-refractivity contribution >= 4 is 24.3 Å². The number of amides is 1. The lowest BCUT2D eigenvalue weighted by atomic mass is 10.0. The molecule has 0 saturated carbocycles. The van der Waals surface area contributed by atoms with E-state index in [4.69, 9.17) is 5.26 Å². The van der Waals surface area contributed by atoms with Crippen LogP contribution < -0.4 is 15.9 Å². The fourth-order valence-corrected chi connectivity index (χ4v) is 4.05. The molecule has 0 unspecified atom stereocenters. The lowest BCUT2D eigenvalue weighted by Crippen LogP contribution is -2.45. The largest absolute Gasteiger partial charge is 0.416 e. The Hall–Kier alpha value is -4.11. The molecule has 38 heavy (non-hydrogen) atoms. The smallest absolute Gasteiger partial charge is 0.350 e. The Kier molecular flexibility index (Phi) is 8.31. The molecule has 0 fully saturated rings. The van der Waals surface area contributed by atoms with Crippen LogP contribution in [0.15, 0.2) is 47.3 Å². The minimum atomic E-state index is -4.43. The number of halogens is 5. The normalized spacial score (nSPS) is 12.7. The zero-order chi connectivity index (χ0) is 26.9. The van der Waals surface area contributed by atoms with E-state index in [1.165, 1.54) is 38.9 Å². The van der Waals surface area contributed by atoms with Crippen LogP contribution in [0.1, 0.15) is 38.3 Å². The van der Waals surface area contributed by atoms with Crippen LogP contribution in [-0.4, -0.2) is 41.1 Å². The number of carbonyl (C=O) groups is 1. The van der Waals surface area contributed by atoms with Gasteiger partial charge in [0, 0.05) is 33.6 Å². The molecule has 2 aromatic carbocycles. The molecule has 0 saturated heterocycles. The van der Waals surface area contributed by atoms with Gasteiger partial charge in [0.05, 0.1) is 40.6 Å². The molecule has 0 bridgehead atoms. The van der Waals surface area contributed by atoms with Gasteiger partial charge in [0.25, 0.3) is 11.5 Å². The zero-order valence-electron chi connectivity index (χ0n) is 20.3. The molecule has 13 heteroatoms. The maximum Gasteiger partial charge on any atom is 0.416 e. The van der Waals surface area contributed by atoms with Crippen molar-refractivity contribution in [3.63, 3.8) is 0 Å². The summed E-state index contributed by atoms with van der Waals surface area (Å²) in [5, 5.41) is 13.4. The third-order valence-electron chi connectivity index (χ3n) is 5.96. The molecule has 0 spiro atoms. The third kappa shape index (κ3) is 5.73. The molecule has 1 aromatic heterocycles. The van der Waals surface area contributed by atoms with Crippen LogP contribution in [0.3, 0.4) is 0 Å². The Morgan fingerprint density at radius 2 is 1.87 bits per heavy atom. The van der Waals surface area contributed by atoms with Gasteiger partial charge in [-0.1, -0.05) is 12.1 Å². The third-order valence-corrected chi connectivity index (χ3v) is 5.96.